The summed E-state index contributed by atoms with van der Waals surface area (Å²) in [5, 5.41) is 12.1. The van der Waals surface area contributed by atoms with Crippen molar-refractivity contribution < 1.29 is 14.7 Å². The van der Waals surface area contributed by atoms with Crippen LogP contribution in [0.2, 0.25) is 0 Å². The summed E-state index contributed by atoms with van der Waals surface area (Å²) in [4.78, 5) is 23.4. The van der Waals surface area contributed by atoms with Crippen LogP contribution in [0.25, 0.3) is 0 Å². The normalized spacial score (nSPS) is 25.4. The highest BCUT2D eigenvalue weighted by atomic mass is 16.4. The Kier molecular flexibility index (Phi) is 4.42. The van der Waals surface area contributed by atoms with Crippen molar-refractivity contribution in [2.45, 2.75) is 39.2 Å². The van der Waals surface area contributed by atoms with E-state index >= 15 is 0 Å². The standard InChI is InChI=1S/C16H21NO3/c1-3-11-8-9-14(10(11)2)17-15(18)12-6-4-5-7-13(12)16(19)20/h4-7,10-11,14H,3,8-9H2,1-2H3,(H,17,18)(H,19,20). The first-order valence-electron chi connectivity index (χ1n) is 7.17. The first kappa shape index (κ1) is 14.6. The van der Waals surface area contributed by atoms with Crippen LogP contribution in [-0.4, -0.2) is 23.0 Å². The predicted octanol–water partition coefficient (Wildman–Crippen LogP) is 2.94. The molecule has 0 radical (unpaired) electrons. The van der Waals surface area contributed by atoms with Crippen LogP contribution in [0.1, 0.15) is 53.8 Å². The second-order valence-corrected chi connectivity index (χ2v) is 5.54. The third kappa shape index (κ3) is 2.84. The molecule has 1 aromatic rings. The molecule has 4 nitrogen and oxygen atoms in total. The molecular formula is C16H21NO3. The minimum atomic E-state index is -1.07. The van der Waals surface area contributed by atoms with Crippen LogP contribution in [0.5, 0.6) is 0 Å². The van der Waals surface area contributed by atoms with Crippen LogP contribution in [0.4, 0.5) is 0 Å². The monoisotopic (exact) mass is 275 g/mol. The van der Waals surface area contributed by atoms with Crippen LogP contribution in [0.3, 0.4) is 0 Å². The van der Waals surface area contributed by atoms with Crippen molar-refractivity contribution in [1.82, 2.24) is 5.32 Å². The van der Waals surface area contributed by atoms with Gasteiger partial charge in [0.1, 0.15) is 0 Å². The number of hydrogen-bond acceptors (Lipinski definition) is 2. The summed E-state index contributed by atoms with van der Waals surface area (Å²) in [5.74, 6) is -0.255. The van der Waals surface area contributed by atoms with E-state index in [0.29, 0.717) is 11.8 Å². The molecule has 108 valence electrons. The average Bonchev–Trinajstić information content (AvgIpc) is 2.79. The van der Waals surface area contributed by atoms with Gasteiger partial charge in [0.2, 0.25) is 0 Å². The molecule has 1 amide bonds. The summed E-state index contributed by atoms with van der Waals surface area (Å²) >= 11 is 0. The molecule has 2 N–H and O–H groups in total. The van der Waals surface area contributed by atoms with Gasteiger partial charge in [0.15, 0.2) is 0 Å². The lowest BCUT2D eigenvalue weighted by Crippen LogP contribution is -2.38. The Morgan fingerprint density at radius 3 is 2.45 bits per heavy atom. The number of hydrogen-bond donors (Lipinski definition) is 2. The smallest absolute Gasteiger partial charge is 0.336 e. The Bertz CT molecular complexity index is 512. The van der Waals surface area contributed by atoms with Gasteiger partial charge in [-0.05, 0) is 36.8 Å². The molecule has 0 aliphatic heterocycles. The minimum absolute atomic E-state index is 0.0580. The zero-order valence-electron chi connectivity index (χ0n) is 11.9. The number of carbonyl (C=O) groups is 2. The van der Waals surface area contributed by atoms with Crippen molar-refractivity contribution in [1.29, 1.82) is 0 Å². The molecule has 4 heteroatoms. The molecule has 0 aromatic heterocycles. The summed E-state index contributed by atoms with van der Waals surface area (Å²) in [7, 11) is 0. The Hall–Kier alpha value is -1.84. The van der Waals surface area contributed by atoms with Gasteiger partial charge in [0.25, 0.3) is 5.91 Å². The van der Waals surface area contributed by atoms with E-state index < -0.39 is 5.97 Å². The number of rotatable bonds is 4. The summed E-state index contributed by atoms with van der Waals surface area (Å²) in [6.07, 6.45) is 3.23. The zero-order chi connectivity index (χ0) is 14.7. The number of aromatic carboxylic acids is 1. The fraction of sp³-hybridized carbons (Fsp3) is 0.500. The van der Waals surface area contributed by atoms with Gasteiger partial charge >= 0.3 is 5.97 Å². The van der Waals surface area contributed by atoms with Crippen molar-refractivity contribution in [2.75, 3.05) is 0 Å². The maximum Gasteiger partial charge on any atom is 0.336 e. The Morgan fingerprint density at radius 1 is 1.25 bits per heavy atom. The Morgan fingerprint density at radius 2 is 1.90 bits per heavy atom. The van der Waals surface area contributed by atoms with Crippen LogP contribution in [-0.2, 0) is 0 Å². The largest absolute Gasteiger partial charge is 0.478 e. The summed E-state index contributed by atoms with van der Waals surface area (Å²) in [6, 6.07) is 6.49. The van der Waals surface area contributed by atoms with E-state index in [1.807, 2.05) is 0 Å². The minimum Gasteiger partial charge on any atom is -0.478 e. The average molecular weight is 275 g/mol. The van der Waals surface area contributed by atoms with Crippen molar-refractivity contribution in [2.24, 2.45) is 11.8 Å². The van der Waals surface area contributed by atoms with Gasteiger partial charge in [-0.15, -0.1) is 0 Å². The third-order valence-corrected chi connectivity index (χ3v) is 4.47. The second kappa shape index (κ2) is 6.07. The van der Waals surface area contributed by atoms with E-state index in [-0.39, 0.29) is 23.1 Å². The van der Waals surface area contributed by atoms with Crippen LogP contribution in [0.15, 0.2) is 24.3 Å². The molecule has 0 spiro atoms. The highest BCUT2D eigenvalue weighted by Gasteiger charge is 2.33. The van der Waals surface area contributed by atoms with E-state index in [4.69, 9.17) is 5.11 Å². The van der Waals surface area contributed by atoms with Gasteiger partial charge in [-0.1, -0.05) is 32.4 Å². The van der Waals surface area contributed by atoms with Gasteiger partial charge < -0.3 is 10.4 Å². The molecule has 1 fully saturated rings. The number of carbonyl (C=O) groups excluding carboxylic acids is 1. The molecular weight excluding hydrogens is 254 g/mol. The van der Waals surface area contributed by atoms with Crippen LogP contribution >= 0.6 is 0 Å². The van der Waals surface area contributed by atoms with E-state index in [1.165, 1.54) is 6.07 Å². The van der Waals surface area contributed by atoms with Crippen molar-refractivity contribution in [3.05, 3.63) is 35.4 Å². The molecule has 1 aromatic carbocycles. The molecule has 0 bridgehead atoms. The predicted molar refractivity (Wildman–Crippen MR) is 76.8 cm³/mol. The molecule has 1 saturated carbocycles. The molecule has 0 heterocycles. The number of amides is 1. The topological polar surface area (TPSA) is 66.4 Å². The highest BCUT2D eigenvalue weighted by Crippen LogP contribution is 2.34. The summed E-state index contributed by atoms with van der Waals surface area (Å²) in [6.45, 7) is 4.33. The van der Waals surface area contributed by atoms with E-state index in [0.717, 1.165) is 19.3 Å². The SMILES string of the molecule is CCC1CCC(NC(=O)c2ccccc2C(=O)O)C1C. The Balaban J connectivity index is 2.12. The number of nitrogens with one attached hydrogen (secondary N) is 1. The van der Waals surface area contributed by atoms with Crippen molar-refractivity contribution in [3.8, 4) is 0 Å². The fourth-order valence-corrected chi connectivity index (χ4v) is 3.14. The first-order chi connectivity index (χ1) is 9.54. The van der Waals surface area contributed by atoms with E-state index in [1.54, 1.807) is 18.2 Å². The molecule has 3 atom stereocenters. The first-order valence-corrected chi connectivity index (χ1v) is 7.17. The lowest BCUT2D eigenvalue weighted by molar-refractivity contribution is 0.0690. The molecule has 0 saturated heterocycles. The summed E-state index contributed by atoms with van der Waals surface area (Å²) in [5.41, 5.74) is 0.301. The van der Waals surface area contributed by atoms with Gasteiger partial charge in [-0.2, -0.15) is 0 Å². The summed E-state index contributed by atoms with van der Waals surface area (Å²) < 4.78 is 0. The van der Waals surface area contributed by atoms with E-state index in [2.05, 4.69) is 19.2 Å². The number of carboxylic acid groups (broad SMARTS) is 1. The number of carboxylic acids is 1. The highest BCUT2D eigenvalue weighted by molar-refractivity contribution is 6.04. The lowest BCUT2D eigenvalue weighted by Gasteiger charge is -2.21. The molecule has 2 rings (SSSR count). The molecule has 20 heavy (non-hydrogen) atoms. The molecule has 3 unspecified atom stereocenters. The lowest BCUT2D eigenvalue weighted by atomic mass is 9.93. The second-order valence-electron chi connectivity index (χ2n) is 5.54. The molecule has 1 aliphatic carbocycles. The van der Waals surface area contributed by atoms with Crippen molar-refractivity contribution >= 4 is 11.9 Å². The quantitative estimate of drug-likeness (QED) is 0.887. The van der Waals surface area contributed by atoms with Gasteiger partial charge in [-0.3, -0.25) is 4.79 Å². The Labute approximate surface area is 119 Å². The maximum atomic E-state index is 12.3. The fourth-order valence-electron chi connectivity index (χ4n) is 3.14. The maximum absolute atomic E-state index is 12.3. The number of benzene rings is 1. The van der Waals surface area contributed by atoms with Crippen molar-refractivity contribution in [3.63, 3.8) is 0 Å². The van der Waals surface area contributed by atoms with Crippen LogP contribution < -0.4 is 5.32 Å². The molecule has 1 aliphatic rings. The zero-order valence-corrected chi connectivity index (χ0v) is 11.9. The van der Waals surface area contributed by atoms with Gasteiger partial charge in [0, 0.05) is 6.04 Å². The van der Waals surface area contributed by atoms with Gasteiger partial charge in [-0.25, -0.2) is 4.79 Å². The third-order valence-electron chi connectivity index (χ3n) is 4.47. The van der Waals surface area contributed by atoms with Gasteiger partial charge in [0.05, 0.1) is 11.1 Å². The van der Waals surface area contributed by atoms with E-state index in [9.17, 15) is 9.59 Å². The van der Waals surface area contributed by atoms with Crippen LogP contribution in [0, 0.1) is 11.8 Å².